The Balaban J connectivity index is 2.10. The van der Waals surface area contributed by atoms with E-state index in [1.165, 1.54) is 11.1 Å². The molecule has 0 N–H and O–H groups in total. The Morgan fingerprint density at radius 1 is 1.07 bits per heavy atom. The molecule has 0 fully saturated rings. The molecule has 2 aromatic carbocycles. The van der Waals surface area contributed by atoms with Gasteiger partial charge in [-0.2, -0.15) is 0 Å². The molecule has 1 amide bonds. The zero-order valence-electron chi connectivity index (χ0n) is 18.2. The number of aromatic nitrogens is 1. The normalized spacial score (nSPS) is 11.3. The Bertz CT molecular complexity index is 1130. The largest absolute Gasteiger partial charge is 0.311 e. The van der Waals surface area contributed by atoms with E-state index in [4.69, 9.17) is 0 Å². The maximum Gasteiger partial charge on any atom is 0.258 e. The molecule has 0 aliphatic carbocycles. The van der Waals surface area contributed by atoms with Crippen LogP contribution in [0.1, 0.15) is 60.7 Å². The van der Waals surface area contributed by atoms with Crippen molar-refractivity contribution in [2.45, 2.75) is 53.5 Å². The first-order valence-corrected chi connectivity index (χ1v) is 10.3. The van der Waals surface area contributed by atoms with Crippen molar-refractivity contribution in [3.63, 3.8) is 0 Å². The summed E-state index contributed by atoms with van der Waals surface area (Å²) in [4.78, 5) is 27.4. The molecule has 1 heterocycles. The molecule has 4 nitrogen and oxygen atoms in total. The van der Waals surface area contributed by atoms with Crippen LogP contribution in [0.3, 0.4) is 0 Å². The first kappa shape index (κ1) is 20.8. The molecule has 0 radical (unpaired) electrons. The fourth-order valence-electron chi connectivity index (χ4n) is 3.91. The van der Waals surface area contributed by atoms with Gasteiger partial charge in [0, 0.05) is 36.3 Å². The maximum atomic E-state index is 13.2. The molecule has 0 bridgehead atoms. The van der Waals surface area contributed by atoms with Crippen molar-refractivity contribution in [2.24, 2.45) is 0 Å². The number of nitrogens with zero attached hydrogens (tertiary/aromatic N) is 2. The number of fused-ring (bicyclic) bond motifs is 1. The van der Waals surface area contributed by atoms with Crippen LogP contribution in [-0.2, 0) is 13.0 Å². The fourth-order valence-corrected chi connectivity index (χ4v) is 3.91. The van der Waals surface area contributed by atoms with Gasteiger partial charge in [0.05, 0.1) is 5.52 Å². The molecule has 0 saturated carbocycles. The zero-order valence-corrected chi connectivity index (χ0v) is 18.2. The minimum absolute atomic E-state index is 0.00615. The van der Waals surface area contributed by atoms with Gasteiger partial charge in [-0.3, -0.25) is 9.59 Å². The highest BCUT2D eigenvalue weighted by Gasteiger charge is 2.17. The highest BCUT2D eigenvalue weighted by Crippen LogP contribution is 2.27. The molecule has 0 unspecified atom stereocenters. The van der Waals surface area contributed by atoms with Gasteiger partial charge in [0.2, 0.25) is 0 Å². The third kappa shape index (κ3) is 3.84. The Kier molecular flexibility index (Phi) is 5.92. The Hall–Kier alpha value is -2.88. The molecule has 0 aliphatic heterocycles. The number of benzene rings is 2. The van der Waals surface area contributed by atoms with E-state index in [2.05, 4.69) is 39.8 Å². The number of hydrogen-bond acceptors (Lipinski definition) is 2. The van der Waals surface area contributed by atoms with Crippen molar-refractivity contribution < 1.29 is 4.79 Å². The van der Waals surface area contributed by atoms with E-state index < -0.39 is 0 Å². The summed E-state index contributed by atoms with van der Waals surface area (Å²) in [6, 6.07) is 13.5. The van der Waals surface area contributed by atoms with Crippen molar-refractivity contribution in [2.75, 3.05) is 11.9 Å². The van der Waals surface area contributed by atoms with Gasteiger partial charge in [0.15, 0.2) is 0 Å². The van der Waals surface area contributed by atoms with Crippen LogP contribution >= 0.6 is 0 Å². The molecule has 1 aromatic heterocycles. The van der Waals surface area contributed by atoms with Gasteiger partial charge in [0.1, 0.15) is 0 Å². The van der Waals surface area contributed by atoms with E-state index in [1.54, 1.807) is 15.5 Å². The van der Waals surface area contributed by atoms with Crippen LogP contribution in [0.25, 0.3) is 10.9 Å². The lowest BCUT2D eigenvalue weighted by Crippen LogP contribution is -2.26. The SMILES string of the molecule is CCc1cc(N(C)C(=O)c2ccc3c(c2)c(C(C)C)cc(=O)n3CC)ccc1C. The number of pyridine rings is 1. The van der Waals surface area contributed by atoms with Gasteiger partial charge in [-0.25, -0.2) is 0 Å². The summed E-state index contributed by atoms with van der Waals surface area (Å²) < 4.78 is 1.76. The fraction of sp³-hybridized carbons (Fsp3) is 0.360. The molecular weight excluding hydrogens is 360 g/mol. The number of amides is 1. The second-order valence-electron chi connectivity index (χ2n) is 7.90. The third-order valence-electron chi connectivity index (χ3n) is 5.73. The predicted molar refractivity (Wildman–Crippen MR) is 121 cm³/mol. The van der Waals surface area contributed by atoms with Gasteiger partial charge in [-0.05, 0) is 73.2 Å². The predicted octanol–water partition coefficient (Wildman–Crippen LogP) is 5.29. The molecule has 0 aliphatic rings. The second kappa shape index (κ2) is 8.24. The minimum atomic E-state index is -0.0539. The van der Waals surface area contributed by atoms with Crippen molar-refractivity contribution in [1.29, 1.82) is 0 Å². The van der Waals surface area contributed by atoms with Crippen molar-refractivity contribution >= 4 is 22.5 Å². The highest BCUT2D eigenvalue weighted by atomic mass is 16.2. The van der Waals surface area contributed by atoms with Crippen molar-refractivity contribution in [1.82, 2.24) is 4.57 Å². The minimum Gasteiger partial charge on any atom is -0.311 e. The number of aryl methyl sites for hydroxylation is 3. The number of rotatable bonds is 5. The lowest BCUT2D eigenvalue weighted by atomic mass is 9.97. The van der Waals surface area contributed by atoms with Gasteiger partial charge < -0.3 is 9.47 Å². The molecule has 0 saturated heterocycles. The molecule has 3 rings (SSSR count). The Morgan fingerprint density at radius 3 is 2.41 bits per heavy atom. The summed E-state index contributed by atoms with van der Waals surface area (Å²) in [5, 5.41) is 0.971. The van der Waals surface area contributed by atoms with E-state index in [0.717, 1.165) is 28.6 Å². The van der Waals surface area contributed by atoms with E-state index >= 15 is 0 Å². The number of carbonyl (C=O) groups is 1. The molecule has 152 valence electrons. The Labute approximate surface area is 172 Å². The quantitative estimate of drug-likeness (QED) is 0.594. The van der Waals surface area contributed by atoms with Crippen molar-refractivity contribution in [3.05, 3.63) is 75.1 Å². The summed E-state index contributed by atoms with van der Waals surface area (Å²) in [6.45, 7) is 10.9. The lowest BCUT2D eigenvalue weighted by Gasteiger charge is -2.20. The van der Waals surface area contributed by atoms with Gasteiger partial charge in [-0.15, -0.1) is 0 Å². The third-order valence-corrected chi connectivity index (χ3v) is 5.73. The average Bonchev–Trinajstić information content (AvgIpc) is 2.72. The summed E-state index contributed by atoms with van der Waals surface area (Å²) in [5.74, 6) is 0.144. The van der Waals surface area contributed by atoms with E-state index in [-0.39, 0.29) is 17.4 Å². The number of carbonyl (C=O) groups excluding carboxylic acids is 1. The van der Waals surface area contributed by atoms with Gasteiger partial charge in [0.25, 0.3) is 11.5 Å². The van der Waals surface area contributed by atoms with Crippen LogP contribution < -0.4 is 10.5 Å². The summed E-state index contributed by atoms with van der Waals surface area (Å²) in [5.41, 5.74) is 5.87. The lowest BCUT2D eigenvalue weighted by molar-refractivity contribution is 0.0993. The van der Waals surface area contributed by atoms with Crippen LogP contribution in [0.15, 0.2) is 47.3 Å². The van der Waals surface area contributed by atoms with Crippen LogP contribution in [0.2, 0.25) is 0 Å². The first-order valence-electron chi connectivity index (χ1n) is 10.3. The molecule has 3 aromatic rings. The maximum absolute atomic E-state index is 13.2. The monoisotopic (exact) mass is 390 g/mol. The van der Waals surface area contributed by atoms with Crippen LogP contribution in [0.5, 0.6) is 0 Å². The van der Waals surface area contributed by atoms with Crippen LogP contribution in [0.4, 0.5) is 5.69 Å². The van der Waals surface area contributed by atoms with E-state index in [1.807, 2.05) is 38.2 Å². The Morgan fingerprint density at radius 2 is 1.79 bits per heavy atom. The number of anilines is 1. The van der Waals surface area contributed by atoms with Crippen LogP contribution in [-0.4, -0.2) is 17.5 Å². The standard InChI is InChI=1S/C25H30N2O2/c1-7-18-13-20(11-9-17(18)5)26(6)25(29)19-10-12-23-22(14-19)21(16(3)4)15-24(28)27(23)8-2/h9-16H,7-8H2,1-6H3. The molecule has 0 atom stereocenters. The number of hydrogen-bond donors (Lipinski definition) is 0. The summed E-state index contributed by atoms with van der Waals surface area (Å²) in [7, 11) is 1.81. The zero-order chi connectivity index (χ0) is 21.3. The average molecular weight is 391 g/mol. The second-order valence-corrected chi connectivity index (χ2v) is 7.90. The van der Waals surface area contributed by atoms with Crippen LogP contribution in [0, 0.1) is 6.92 Å². The smallest absolute Gasteiger partial charge is 0.258 e. The highest BCUT2D eigenvalue weighted by molar-refractivity contribution is 6.07. The summed E-state index contributed by atoms with van der Waals surface area (Å²) in [6.07, 6.45) is 0.934. The molecule has 0 spiro atoms. The van der Waals surface area contributed by atoms with E-state index in [9.17, 15) is 9.59 Å². The molecular formula is C25H30N2O2. The topological polar surface area (TPSA) is 42.3 Å². The molecule has 29 heavy (non-hydrogen) atoms. The summed E-state index contributed by atoms with van der Waals surface area (Å²) >= 11 is 0. The van der Waals surface area contributed by atoms with Gasteiger partial charge >= 0.3 is 0 Å². The van der Waals surface area contributed by atoms with Gasteiger partial charge in [-0.1, -0.05) is 26.8 Å². The van der Waals surface area contributed by atoms with E-state index in [0.29, 0.717) is 12.1 Å². The molecule has 4 heteroatoms. The first-order chi connectivity index (χ1) is 13.8. The van der Waals surface area contributed by atoms with Crippen molar-refractivity contribution in [3.8, 4) is 0 Å².